The lowest BCUT2D eigenvalue weighted by Crippen LogP contribution is -2.36. The van der Waals surface area contributed by atoms with E-state index in [4.69, 9.17) is 22.1 Å². The van der Waals surface area contributed by atoms with E-state index in [-0.39, 0.29) is 5.91 Å². The standard InChI is InChI=1S/C19H20BrClN2O2/c20-15-4-6-18(17(21)11-15)25-9-1-2-19(24)23-8-7-13-3-5-16(22)10-14(13)12-23/h3-6,10-11H,1-2,7-9,12,22H2. The Morgan fingerprint density at radius 2 is 2.08 bits per heavy atom. The smallest absolute Gasteiger partial charge is 0.223 e. The molecule has 6 heteroatoms. The van der Waals surface area contributed by atoms with E-state index in [1.54, 1.807) is 6.07 Å². The van der Waals surface area contributed by atoms with Gasteiger partial charge < -0.3 is 15.4 Å². The van der Waals surface area contributed by atoms with E-state index >= 15 is 0 Å². The largest absolute Gasteiger partial charge is 0.492 e. The highest BCUT2D eigenvalue weighted by molar-refractivity contribution is 9.10. The number of hydrogen-bond donors (Lipinski definition) is 1. The normalized spacial score (nSPS) is 13.4. The summed E-state index contributed by atoms with van der Waals surface area (Å²) in [6, 6.07) is 11.4. The molecule has 1 aliphatic rings. The number of nitrogen functional groups attached to an aromatic ring is 1. The second kappa shape index (κ2) is 8.11. The van der Waals surface area contributed by atoms with Crippen LogP contribution >= 0.6 is 27.5 Å². The summed E-state index contributed by atoms with van der Waals surface area (Å²) in [4.78, 5) is 14.3. The first-order chi connectivity index (χ1) is 12.0. The quantitative estimate of drug-likeness (QED) is 0.572. The molecule has 132 valence electrons. The van der Waals surface area contributed by atoms with Gasteiger partial charge in [-0.25, -0.2) is 0 Å². The summed E-state index contributed by atoms with van der Waals surface area (Å²) in [6.45, 7) is 1.86. The molecule has 0 unspecified atom stereocenters. The van der Waals surface area contributed by atoms with Crippen molar-refractivity contribution in [2.24, 2.45) is 0 Å². The maximum atomic E-state index is 12.4. The van der Waals surface area contributed by atoms with Crippen molar-refractivity contribution in [3.63, 3.8) is 0 Å². The number of ether oxygens (including phenoxy) is 1. The molecule has 0 saturated carbocycles. The zero-order chi connectivity index (χ0) is 17.8. The second-order valence-electron chi connectivity index (χ2n) is 6.12. The van der Waals surface area contributed by atoms with E-state index in [1.165, 1.54) is 5.56 Å². The van der Waals surface area contributed by atoms with Crippen LogP contribution in [0, 0.1) is 0 Å². The Morgan fingerprint density at radius 3 is 2.88 bits per heavy atom. The fourth-order valence-electron chi connectivity index (χ4n) is 2.95. The van der Waals surface area contributed by atoms with Crippen molar-refractivity contribution in [2.75, 3.05) is 18.9 Å². The van der Waals surface area contributed by atoms with Gasteiger partial charge in [0.25, 0.3) is 0 Å². The van der Waals surface area contributed by atoms with E-state index in [0.29, 0.717) is 36.8 Å². The summed E-state index contributed by atoms with van der Waals surface area (Å²) in [5.74, 6) is 0.790. The number of hydrogen-bond acceptors (Lipinski definition) is 3. The summed E-state index contributed by atoms with van der Waals surface area (Å²) < 4.78 is 6.57. The van der Waals surface area contributed by atoms with Gasteiger partial charge in [0.1, 0.15) is 5.75 Å². The maximum Gasteiger partial charge on any atom is 0.223 e. The van der Waals surface area contributed by atoms with Crippen LogP contribution in [0.4, 0.5) is 5.69 Å². The predicted molar refractivity (Wildman–Crippen MR) is 104 cm³/mol. The van der Waals surface area contributed by atoms with E-state index in [2.05, 4.69) is 22.0 Å². The summed E-state index contributed by atoms with van der Waals surface area (Å²) in [5.41, 5.74) is 9.02. The summed E-state index contributed by atoms with van der Waals surface area (Å²) >= 11 is 9.47. The van der Waals surface area contributed by atoms with Gasteiger partial charge in [0.05, 0.1) is 11.6 Å². The number of nitrogens with zero attached hydrogens (tertiary/aromatic N) is 1. The molecule has 2 aromatic carbocycles. The molecular weight excluding hydrogens is 404 g/mol. The molecular formula is C19H20BrClN2O2. The molecule has 0 fully saturated rings. The minimum atomic E-state index is 0.151. The molecule has 1 aliphatic heterocycles. The fraction of sp³-hybridized carbons (Fsp3) is 0.316. The number of benzene rings is 2. The highest BCUT2D eigenvalue weighted by atomic mass is 79.9. The van der Waals surface area contributed by atoms with E-state index in [1.807, 2.05) is 29.2 Å². The van der Waals surface area contributed by atoms with Gasteiger partial charge in [-0.15, -0.1) is 0 Å². The summed E-state index contributed by atoms with van der Waals surface area (Å²) in [6.07, 6.45) is 2.00. The van der Waals surface area contributed by atoms with Crippen LogP contribution in [0.2, 0.25) is 5.02 Å². The number of carbonyl (C=O) groups excluding carboxylic acids is 1. The summed E-state index contributed by atoms with van der Waals surface area (Å²) in [5, 5.41) is 0.561. The number of amides is 1. The van der Waals surface area contributed by atoms with Crippen molar-refractivity contribution in [3.8, 4) is 5.75 Å². The van der Waals surface area contributed by atoms with Crippen LogP contribution in [0.3, 0.4) is 0 Å². The zero-order valence-electron chi connectivity index (χ0n) is 13.8. The molecule has 2 N–H and O–H groups in total. The second-order valence-corrected chi connectivity index (χ2v) is 7.44. The molecule has 0 spiro atoms. The van der Waals surface area contributed by atoms with Crippen molar-refractivity contribution in [3.05, 3.63) is 57.0 Å². The van der Waals surface area contributed by atoms with Crippen LogP contribution in [-0.4, -0.2) is 24.0 Å². The molecule has 3 rings (SSSR count). The van der Waals surface area contributed by atoms with Crippen LogP contribution in [0.15, 0.2) is 40.9 Å². The molecule has 1 heterocycles. The Labute approximate surface area is 161 Å². The molecule has 0 saturated heterocycles. The minimum Gasteiger partial charge on any atom is -0.492 e. The zero-order valence-corrected chi connectivity index (χ0v) is 16.1. The first-order valence-electron chi connectivity index (χ1n) is 8.26. The predicted octanol–water partition coefficient (Wildman–Crippen LogP) is 4.43. The Bertz CT molecular complexity index is 782. The van der Waals surface area contributed by atoms with Crippen molar-refractivity contribution >= 4 is 39.1 Å². The van der Waals surface area contributed by atoms with Gasteiger partial charge in [0.2, 0.25) is 5.91 Å². The third kappa shape index (κ3) is 4.67. The van der Waals surface area contributed by atoms with E-state index < -0.39 is 0 Å². The molecule has 0 atom stereocenters. The molecule has 2 aromatic rings. The number of fused-ring (bicyclic) bond motifs is 1. The lowest BCUT2D eigenvalue weighted by molar-refractivity contribution is -0.132. The van der Waals surface area contributed by atoms with Crippen LogP contribution < -0.4 is 10.5 Å². The van der Waals surface area contributed by atoms with Crippen molar-refractivity contribution < 1.29 is 9.53 Å². The Kier molecular flexibility index (Phi) is 5.86. The molecule has 0 radical (unpaired) electrons. The lowest BCUT2D eigenvalue weighted by atomic mass is 9.99. The molecule has 0 bridgehead atoms. The van der Waals surface area contributed by atoms with Crippen LogP contribution in [0.5, 0.6) is 5.75 Å². The topological polar surface area (TPSA) is 55.6 Å². The van der Waals surface area contributed by atoms with Gasteiger partial charge in [0.15, 0.2) is 0 Å². The third-order valence-electron chi connectivity index (χ3n) is 4.28. The fourth-order valence-corrected chi connectivity index (χ4v) is 3.67. The maximum absolute atomic E-state index is 12.4. The summed E-state index contributed by atoms with van der Waals surface area (Å²) in [7, 11) is 0. The Balaban J connectivity index is 1.47. The van der Waals surface area contributed by atoms with E-state index in [0.717, 1.165) is 28.7 Å². The van der Waals surface area contributed by atoms with Crippen LogP contribution in [0.1, 0.15) is 24.0 Å². The molecule has 1 amide bonds. The van der Waals surface area contributed by atoms with Gasteiger partial charge in [-0.2, -0.15) is 0 Å². The average molecular weight is 424 g/mol. The number of rotatable bonds is 5. The number of nitrogens with two attached hydrogens (primary N) is 1. The molecule has 0 aliphatic carbocycles. The van der Waals surface area contributed by atoms with Crippen molar-refractivity contribution in [2.45, 2.75) is 25.8 Å². The van der Waals surface area contributed by atoms with Gasteiger partial charge >= 0.3 is 0 Å². The molecule has 0 aromatic heterocycles. The highest BCUT2D eigenvalue weighted by Gasteiger charge is 2.20. The number of halogens is 2. The highest BCUT2D eigenvalue weighted by Crippen LogP contribution is 2.28. The third-order valence-corrected chi connectivity index (χ3v) is 5.07. The first kappa shape index (κ1) is 18.1. The SMILES string of the molecule is Nc1ccc2c(c1)CN(C(=O)CCCOc1ccc(Br)cc1Cl)CC2. The molecule has 25 heavy (non-hydrogen) atoms. The lowest BCUT2D eigenvalue weighted by Gasteiger charge is -2.29. The van der Waals surface area contributed by atoms with Gasteiger partial charge in [0, 0.05) is 29.7 Å². The minimum absolute atomic E-state index is 0.151. The van der Waals surface area contributed by atoms with Crippen molar-refractivity contribution in [1.29, 1.82) is 0 Å². The monoisotopic (exact) mass is 422 g/mol. The van der Waals surface area contributed by atoms with Gasteiger partial charge in [-0.05, 0) is 54.3 Å². The van der Waals surface area contributed by atoms with E-state index in [9.17, 15) is 4.79 Å². The average Bonchev–Trinajstić information content (AvgIpc) is 2.59. The van der Waals surface area contributed by atoms with Gasteiger partial charge in [-0.3, -0.25) is 4.79 Å². The number of anilines is 1. The molecule has 4 nitrogen and oxygen atoms in total. The first-order valence-corrected chi connectivity index (χ1v) is 9.43. The Morgan fingerprint density at radius 1 is 1.24 bits per heavy atom. The van der Waals surface area contributed by atoms with Crippen molar-refractivity contribution in [1.82, 2.24) is 4.90 Å². The number of carbonyl (C=O) groups is 1. The van der Waals surface area contributed by atoms with Crippen LogP contribution in [-0.2, 0) is 17.8 Å². The van der Waals surface area contributed by atoms with Crippen LogP contribution in [0.25, 0.3) is 0 Å². The Hall–Kier alpha value is -1.72. The van der Waals surface area contributed by atoms with Gasteiger partial charge in [-0.1, -0.05) is 33.6 Å².